The molecule has 0 fully saturated rings. The summed E-state index contributed by atoms with van der Waals surface area (Å²) < 4.78 is 16.5. The molecule has 0 atom stereocenters. The van der Waals surface area contributed by atoms with Crippen molar-refractivity contribution in [2.75, 3.05) is 0 Å². The van der Waals surface area contributed by atoms with Gasteiger partial charge in [-0.15, -0.1) is 0 Å². The molecule has 0 aliphatic carbocycles. The standard InChI is InChI=1S/C14H8O3/c1-2-11(15-5-1)13-10-4-7-16-12(10)8-9-3-6-17-14(9)13/h1-8H. The predicted octanol–water partition coefficient (Wildman–Crippen LogP) is 4.44. The van der Waals surface area contributed by atoms with E-state index in [1.54, 1.807) is 18.8 Å². The fourth-order valence-electron chi connectivity index (χ4n) is 2.20. The summed E-state index contributed by atoms with van der Waals surface area (Å²) in [7, 11) is 0. The van der Waals surface area contributed by atoms with Gasteiger partial charge in [-0.1, -0.05) is 0 Å². The molecule has 0 saturated carbocycles. The highest BCUT2D eigenvalue weighted by atomic mass is 16.3. The van der Waals surface area contributed by atoms with Gasteiger partial charge in [-0.05, 0) is 30.3 Å². The summed E-state index contributed by atoms with van der Waals surface area (Å²) in [5.74, 6) is 0.789. The first-order valence-corrected chi connectivity index (χ1v) is 5.35. The third-order valence-corrected chi connectivity index (χ3v) is 2.94. The Balaban J connectivity index is 2.27. The summed E-state index contributed by atoms with van der Waals surface area (Å²) in [5, 5.41) is 2.02. The van der Waals surface area contributed by atoms with Gasteiger partial charge in [0.2, 0.25) is 0 Å². The van der Waals surface area contributed by atoms with Crippen molar-refractivity contribution in [2.24, 2.45) is 0 Å². The minimum absolute atomic E-state index is 0.789. The molecule has 0 aliphatic heterocycles. The van der Waals surface area contributed by atoms with E-state index in [2.05, 4.69) is 0 Å². The van der Waals surface area contributed by atoms with Gasteiger partial charge in [0.1, 0.15) is 16.9 Å². The molecule has 4 aromatic rings. The molecule has 1 aromatic carbocycles. The largest absolute Gasteiger partial charge is 0.464 e. The maximum Gasteiger partial charge on any atom is 0.145 e. The normalized spacial score (nSPS) is 11.5. The second kappa shape index (κ2) is 3.04. The van der Waals surface area contributed by atoms with E-state index in [4.69, 9.17) is 13.3 Å². The molecule has 3 nitrogen and oxygen atoms in total. The fourth-order valence-corrected chi connectivity index (χ4v) is 2.20. The summed E-state index contributed by atoms with van der Waals surface area (Å²) in [6.45, 7) is 0. The molecular weight excluding hydrogens is 216 g/mol. The number of rotatable bonds is 1. The van der Waals surface area contributed by atoms with Crippen LogP contribution >= 0.6 is 0 Å². The molecule has 3 heteroatoms. The van der Waals surface area contributed by atoms with E-state index in [0.29, 0.717) is 0 Å². The lowest BCUT2D eigenvalue weighted by Gasteiger charge is -2.00. The topological polar surface area (TPSA) is 39.4 Å². The van der Waals surface area contributed by atoms with Crippen LogP contribution in [0.25, 0.3) is 33.3 Å². The summed E-state index contributed by atoms with van der Waals surface area (Å²) >= 11 is 0. The molecule has 17 heavy (non-hydrogen) atoms. The van der Waals surface area contributed by atoms with Crippen LogP contribution < -0.4 is 0 Å². The van der Waals surface area contributed by atoms with Crippen LogP contribution in [-0.4, -0.2) is 0 Å². The molecule has 0 spiro atoms. The van der Waals surface area contributed by atoms with Crippen molar-refractivity contribution >= 4 is 21.9 Å². The highest BCUT2D eigenvalue weighted by Crippen LogP contribution is 2.37. The first-order valence-electron chi connectivity index (χ1n) is 5.35. The third kappa shape index (κ3) is 1.11. The number of benzene rings is 1. The zero-order valence-corrected chi connectivity index (χ0v) is 8.84. The molecule has 0 amide bonds. The predicted molar refractivity (Wildman–Crippen MR) is 63.7 cm³/mol. The monoisotopic (exact) mass is 224 g/mol. The average molecular weight is 224 g/mol. The highest BCUT2D eigenvalue weighted by molar-refractivity contribution is 6.07. The van der Waals surface area contributed by atoms with Gasteiger partial charge in [-0.25, -0.2) is 0 Å². The van der Waals surface area contributed by atoms with Crippen LogP contribution in [0.4, 0.5) is 0 Å². The second-order valence-electron chi connectivity index (χ2n) is 3.90. The van der Waals surface area contributed by atoms with Crippen molar-refractivity contribution in [3.63, 3.8) is 0 Å². The maximum atomic E-state index is 5.55. The Morgan fingerprint density at radius 1 is 0.824 bits per heavy atom. The van der Waals surface area contributed by atoms with Crippen LogP contribution in [0, 0.1) is 0 Å². The first-order chi connectivity index (χ1) is 8.43. The average Bonchev–Trinajstić information content (AvgIpc) is 3.06. The molecule has 0 N–H and O–H groups in total. The van der Waals surface area contributed by atoms with Crippen molar-refractivity contribution in [1.82, 2.24) is 0 Å². The van der Waals surface area contributed by atoms with Gasteiger partial charge < -0.3 is 13.3 Å². The van der Waals surface area contributed by atoms with Crippen LogP contribution in [0.1, 0.15) is 0 Å². The lowest BCUT2D eigenvalue weighted by molar-refractivity contribution is 0.577. The van der Waals surface area contributed by atoms with Gasteiger partial charge in [0.05, 0.1) is 24.4 Å². The third-order valence-electron chi connectivity index (χ3n) is 2.94. The van der Waals surface area contributed by atoms with E-state index in [1.807, 2.05) is 30.3 Å². The number of hydrogen-bond donors (Lipinski definition) is 0. The molecule has 0 bridgehead atoms. The van der Waals surface area contributed by atoms with Gasteiger partial charge in [0.25, 0.3) is 0 Å². The van der Waals surface area contributed by atoms with Gasteiger partial charge in [-0.3, -0.25) is 0 Å². The van der Waals surface area contributed by atoms with Crippen molar-refractivity contribution < 1.29 is 13.3 Å². The quantitative estimate of drug-likeness (QED) is 0.479. The molecule has 0 saturated heterocycles. The van der Waals surface area contributed by atoms with Gasteiger partial charge in [-0.2, -0.15) is 0 Å². The zero-order valence-electron chi connectivity index (χ0n) is 8.84. The minimum atomic E-state index is 0.789. The van der Waals surface area contributed by atoms with Crippen LogP contribution in [0.15, 0.2) is 62.4 Å². The van der Waals surface area contributed by atoms with Crippen molar-refractivity contribution in [1.29, 1.82) is 0 Å². The van der Waals surface area contributed by atoms with Crippen LogP contribution in [-0.2, 0) is 0 Å². The summed E-state index contributed by atoms with van der Waals surface area (Å²) in [6.07, 6.45) is 5.01. The van der Waals surface area contributed by atoms with Gasteiger partial charge in [0, 0.05) is 10.8 Å². The van der Waals surface area contributed by atoms with E-state index in [-0.39, 0.29) is 0 Å². The van der Waals surface area contributed by atoms with E-state index in [1.165, 1.54) is 0 Å². The Bertz CT molecular complexity index is 739. The molecule has 3 aromatic heterocycles. The molecule has 3 heterocycles. The van der Waals surface area contributed by atoms with E-state index >= 15 is 0 Å². The Hall–Kier alpha value is -2.42. The van der Waals surface area contributed by atoms with E-state index < -0.39 is 0 Å². The molecule has 0 radical (unpaired) electrons. The van der Waals surface area contributed by atoms with Crippen molar-refractivity contribution in [3.8, 4) is 11.3 Å². The van der Waals surface area contributed by atoms with Crippen molar-refractivity contribution in [3.05, 3.63) is 49.1 Å². The molecule has 4 rings (SSSR count). The van der Waals surface area contributed by atoms with Crippen molar-refractivity contribution in [2.45, 2.75) is 0 Å². The molecule has 82 valence electrons. The summed E-state index contributed by atoms with van der Waals surface area (Å²) in [5.41, 5.74) is 2.61. The SMILES string of the molecule is c1coc(-c2c3ccoc3cc3ccoc23)c1. The lowest BCUT2D eigenvalue weighted by Crippen LogP contribution is -1.77. The van der Waals surface area contributed by atoms with E-state index in [9.17, 15) is 0 Å². The fraction of sp³-hybridized carbons (Fsp3) is 0. The number of fused-ring (bicyclic) bond motifs is 2. The zero-order chi connectivity index (χ0) is 11.2. The van der Waals surface area contributed by atoms with Gasteiger partial charge in [0.15, 0.2) is 0 Å². The van der Waals surface area contributed by atoms with Crippen LogP contribution in [0.2, 0.25) is 0 Å². The Morgan fingerprint density at radius 2 is 1.76 bits per heavy atom. The summed E-state index contributed by atoms with van der Waals surface area (Å²) in [6, 6.07) is 9.60. The number of hydrogen-bond acceptors (Lipinski definition) is 3. The maximum absolute atomic E-state index is 5.55. The lowest BCUT2D eigenvalue weighted by atomic mass is 10.1. The molecule has 0 unspecified atom stereocenters. The second-order valence-corrected chi connectivity index (χ2v) is 3.90. The summed E-state index contributed by atoms with van der Waals surface area (Å²) in [4.78, 5) is 0. The Morgan fingerprint density at radius 3 is 2.65 bits per heavy atom. The van der Waals surface area contributed by atoms with E-state index in [0.717, 1.165) is 33.3 Å². The smallest absolute Gasteiger partial charge is 0.145 e. The molecular formula is C14H8O3. The van der Waals surface area contributed by atoms with Crippen LogP contribution in [0.3, 0.4) is 0 Å². The highest BCUT2D eigenvalue weighted by Gasteiger charge is 2.15. The molecule has 0 aliphatic rings. The van der Waals surface area contributed by atoms with Gasteiger partial charge >= 0.3 is 0 Å². The first kappa shape index (κ1) is 8.70. The minimum Gasteiger partial charge on any atom is -0.464 e. The Kier molecular flexibility index (Phi) is 1.56. The number of furan rings is 3. The van der Waals surface area contributed by atoms with Crippen LogP contribution in [0.5, 0.6) is 0 Å². The Labute approximate surface area is 96.2 Å².